The molecule has 0 unspecified atom stereocenters. The zero-order valence-electron chi connectivity index (χ0n) is 7.01. The second kappa shape index (κ2) is 3.98. The maximum Gasteiger partial charge on any atom is 0.192 e. The predicted molar refractivity (Wildman–Crippen MR) is 59.5 cm³/mol. The Morgan fingerprint density at radius 1 is 1.54 bits per heavy atom. The average molecular weight is 263 g/mol. The number of halogens is 2. The van der Waals surface area contributed by atoms with Gasteiger partial charge >= 0.3 is 0 Å². The summed E-state index contributed by atoms with van der Waals surface area (Å²) in [6, 6.07) is 5.36. The molecule has 0 heterocycles. The molecular formula is C8H9BrClN3. The summed E-state index contributed by atoms with van der Waals surface area (Å²) in [6.45, 7) is 0. The monoisotopic (exact) mass is 261 g/mol. The van der Waals surface area contributed by atoms with Crippen molar-refractivity contribution in [3.8, 4) is 0 Å². The Morgan fingerprint density at radius 2 is 2.15 bits per heavy atom. The minimum Gasteiger partial charge on any atom is -0.370 e. The lowest BCUT2D eigenvalue weighted by atomic mass is 10.3. The van der Waals surface area contributed by atoms with Crippen LogP contribution in [0, 0.1) is 5.41 Å². The first-order valence-electron chi connectivity index (χ1n) is 3.54. The maximum atomic E-state index is 7.22. The molecule has 0 atom stereocenters. The molecular weight excluding hydrogens is 253 g/mol. The Hall–Kier alpha value is -0.740. The minimum atomic E-state index is -0.0193. The molecule has 0 fully saturated rings. The van der Waals surface area contributed by atoms with Gasteiger partial charge in [0, 0.05) is 22.2 Å². The molecule has 70 valence electrons. The van der Waals surface area contributed by atoms with Crippen LogP contribution in [0.5, 0.6) is 0 Å². The molecule has 0 aliphatic rings. The SMILES string of the molecule is CN(C(=N)N)c1cc(Cl)cc(Br)c1. The van der Waals surface area contributed by atoms with Gasteiger partial charge in [0.1, 0.15) is 0 Å². The van der Waals surface area contributed by atoms with Gasteiger partial charge in [-0.15, -0.1) is 0 Å². The molecule has 1 rings (SSSR count). The molecule has 0 saturated heterocycles. The predicted octanol–water partition coefficient (Wildman–Crippen LogP) is 2.43. The van der Waals surface area contributed by atoms with E-state index in [4.69, 9.17) is 22.7 Å². The van der Waals surface area contributed by atoms with Crippen molar-refractivity contribution >= 4 is 39.2 Å². The molecule has 1 aromatic rings. The van der Waals surface area contributed by atoms with Crippen LogP contribution in [0.3, 0.4) is 0 Å². The van der Waals surface area contributed by atoms with Gasteiger partial charge < -0.3 is 10.6 Å². The molecule has 13 heavy (non-hydrogen) atoms. The first-order chi connectivity index (χ1) is 6.00. The summed E-state index contributed by atoms with van der Waals surface area (Å²) >= 11 is 9.14. The molecule has 0 amide bonds. The minimum absolute atomic E-state index is 0.0193. The molecule has 3 nitrogen and oxygen atoms in total. The van der Waals surface area contributed by atoms with Crippen molar-refractivity contribution in [2.24, 2.45) is 5.73 Å². The van der Waals surface area contributed by atoms with Gasteiger partial charge in [-0.1, -0.05) is 27.5 Å². The molecule has 1 aromatic carbocycles. The van der Waals surface area contributed by atoms with E-state index in [0.717, 1.165) is 10.2 Å². The van der Waals surface area contributed by atoms with Crippen LogP contribution < -0.4 is 10.6 Å². The zero-order chi connectivity index (χ0) is 10.0. The third-order valence-corrected chi connectivity index (χ3v) is 2.27. The number of rotatable bonds is 1. The Balaban J connectivity index is 3.07. The number of guanidine groups is 1. The van der Waals surface area contributed by atoms with E-state index in [1.165, 1.54) is 4.90 Å². The van der Waals surface area contributed by atoms with Gasteiger partial charge in [-0.2, -0.15) is 0 Å². The highest BCUT2D eigenvalue weighted by Gasteiger charge is 2.04. The van der Waals surface area contributed by atoms with E-state index in [1.807, 2.05) is 6.07 Å². The summed E-state index contributed by atoms with van der Waals surface area (Å²) in [6.07, 6.45) is 0. The van der Waals surface area contributed by atoms with Crippen LogP contribution in [0.2, 0.25) is 5.02 Å². The van der Waals surface area contributed by atoms with Gasteiger partial charge in [0.25, 0.3) is 0 Å². The number of nitrogens with one attached hydrogen (secondary N) is 1. The summed E-state index contributed by atoms with van der Waals surface area (Å²) < 4.78 is 0.864. The normalized spacial score (nSPS) is 9.77. The van der Waals surface area contributed by atoms with E-state index in [-0.39, 0.29) is 5.96 Å². The van der Waals surface area contributed by atoms with Crippen molar-refractivity contribution < 1.29 is 0 Å². The highest BCUT2D eigenvalue weighted by atomic mass is 79.9. The van der Waals surface area contributed by atoms with Crippen LogP contribution in [-0.2, 0) is 0 Å². The van der Waals surface area contributed by atoms with Crippen molar-refractivity contribution in [2.75, 3.05) is 11.9 Å². The van der Waals surface area contributed by atoms with Crippen LogP contribution in [0.25, 0.3) is 0 Å². The van der Waals surface area contributed by atoms with Crippen LogP contribution in [-0.4, -0.2) is 13.0 Å². The van der Waals surface area contributed by atoms with Gasteiger partial charge in [0.2, 0.25) is 0 Å². The number of hydrogen-bond acceptors (Lipinski definition) is 1. The molecule has 0 aromatic heterocycles. The van der Waals surface area contributed by atoms with E-state index in [2.05, 4.69) is 15.9 Å². The van der Waals surface area contributed by atoms with Gasteiger partial charge in [-0.25, -0.2) is 0 Å². The highest BCUT2D eigenvalue weighted by Crippen LogP contribution is 2.24. The smallest absolute Gasteiger partial charge is 0.192 e. The van der Waals surface area contributed by atoms with Crippen LogP contribution in [0.4, 0.5) is 5.69 Å². The van der Waals surface area contributed by atoms with E-state index in [1.54, 1.807) is 19.2 Å². The molecule has 0 spiro atoms. The fourth-order valence-electron chi connectivity index (χ4n) is 0.872. The van der Waals surface area contributed by atoms with Crippen molar-refractivity contribution in [3.05, 3.63) is 27.7 Å². The summed E-state index contributed by atoms with van der Waals surface area (Å²) in [5.41, 5.74) is 6.10. The third-order valence-electron chi connectivity index (χ3n) is 1.60. The highest BCUT2D eigenvalue weighted by molar-refractivity contribution is 9.10. The Kier molecular flexibility index (Phi) is 3.17. The van der Waals surface area contributed by atoms with Gasteiger partial charge in [-0.05, 0) is 18.2 Å². The average Bonchev–Trinajstić information content (AvgIpc) is 2.01. The lowest BCUT2D eigenvalue weighted by Crippen LogP contribution is -2.32. The lowest BCUT2D eigenvalue weighted by Gasteiger charge is -2.17. The van der Waals surface area contributed by atoms with Crippen LogP contribution in [0.1, 0.15) is 0 Å². The summed E-state index contributed by atoms with van der Waals surface area (Å²) in [5.74, 6) is -0.0193. The zero-order valence-corrected chi connectivity index (χ0v) is 9.35. The summed E-state index contributed by atoms with van der Waals surface area (Å²) in [5, 5.41) is 7.83. The van der Waals surface area contributed by atoms with Crippen molar-refractivity contribution in [3.63, 3.8) is 0 Å². The number of nitrogens with zero attached hydrogens (tertiary/aromatic N) is 1. The molecule has 0 saturated carbocycles. The maximum absolute atomic E-state index is 7.22. The number of nitrogens with two attached hydrogens (primary N) is 1. The number of anilines is 1. The van der Waals surface area contributed by atoms with E-state index >= 15 is 0 Å². The van der Waals surface area contributed by atoms with Crippen LogP contribution in [0.15, 0.2) is 22.7 Å². The van der Waals surface area contributed by atoms with Crippen molar-refractivity contribution in [1.82, 2.24) is 0 Å². The standard InChI is InChI=1S/C8H9BrClN3/c1-13(8(11)12)7-3-5(9)2-6(10)4-7/h2-4H,1H3,(H3,11,12). The quantitative estimate of drug-likeness (QED) is 0.603. The Morgan fingerprint density at radius 3 is 2.62 bits per heavy atom. The topological polar surface area (TPSA) is 53.1 Å². The molecule has 5 heteroatoms. The largest absolute Gasteiger partial charge is 0.370 e. The summed E-state index contributed by atoms with van der Waals surface area (Å²) in [4.78, 5) is 1.54. The molecule has 0 bridgehead atoms. The van der Waals surface area contributed by atoms with E-state index in [9.17, 15) is 0 Å². The number of benzene rings is 1. The first kappa shape index (κ1) is 10.3. The van der Waals surface area contributed by atoms with Gasteiger partial charge in [0.05, 0.1) is 0 Å². The van der Waals surface area contributed by atoms with Gasteiger partial charge in [0.15, 0.2) is 5.96 Å². The second-order valence-electron chi connectivity index (χ2n) is 2.57. The third kappa shape index (κ3) is 2.60. The fourth-order valence-corrected chi connectivity index (χ4v) is 1.71. The Bertz CT molecular complexity index is 320. The van der Waals surface area contributed by atoms with Crippen molar-refractivity contribution in [1.29, 1.82) is 5.41 Å². The second-order valence-corrected chi connectivity index (χ2v) is 3.92. The molecule has 3 N–H and O–H groups in total. The molecule has 0 aliphatic heterocycles. The lowest BCUT2D eigenvalue weighted by molar-refractivity contribution is 1.19. The summed E-state index contributed by atoms with van der Waals surface area (Å²) in [7, 11) is 1.71. The van der Waals surface area contributed by atoms with Gasteiger partial charge in [-0.3, -0.25) is 5.41 Å². The fraction of sp³-hybridized carbons (Fsp3) is 0.125. The van der Waals surface area contributed by atoms with Crippen LogP contribution >= 0.6 is 27.5 Å². The van der Waals surface area contributed by atoms with E-state index < -0.39 is 0 Å². The number of hydrogen-bond donors (Lipinski definition) is 2. The van der Waals surface area contributed by atoms with E-state index in [0.29, 0.717) is 5.02 Å². The molecule has 0 aliphatic carbocycles. The van der Waals surface area contributed by atoms with Crippen molar-refractivity contribution in [2.45, 2.75) is 0 Å². The Labute approximate surface area is 90.1 Å². The molecule has 0 radical (unpaired) electrons. The first-order valence-corrected chi connectivity index (χ1v) is 4.71.